The topological polar surface area (TPSA) is 46.2 Å². The minimum Gasteiger partial charge on any atom is -0.315 e. The molecule has 0 fully saturated rings. The second-order valence-electron chi connectivity index (χ2n) is 5.49. The van der Waals surface area contributed by atoms with Crippen LogP contribution in [0.3, 0.4) is 0 Å². The maximum Gasteiger partial charge on any atom is 0.154 e. The highest BCUT2D eigenvalue weighted by atomic mass is 32.2. The molecule has 3 nitrogen and oxygen atoms in total. The average molecular weight is 287 g/mol. The quantitative estimate of drug-likeness (QED) is 0.902. The Morgan fingerprint density at radius 2 is 1.95 bits per heavy atom. The molecule has 0 radical (unpaired) electrons. The Labute approximate surface area is 115 Å². The van der Waals surface area contributed by atoms with Gasteiger partial charge in [-0.05, 0) is 57.5 Å². The van der Waals surface area contributed by atoms with Gasteiger partial charge in [-0.1, -0.05) is 6.07 Å². The van der Waals surface area contributed by atoms with E-state index in [4.69, 9.17) is 0 Å². The van der Waals surface area contributed by atoms with Gasteiger partial charge < -0.3 is 5.32 Å². The fourth-order valence-corrected chi connectivity index (χ4v) is 2.78. The van der Waals surface area contributed by atoms with Gasteiger partial charge in [0.1, 0.15) is 5.82 Å². The lowest BCUT2D eigenvalue weighted by molar-refractivity contribution is 0.430. The summed E-state index contributed by atoms with van der Waals surface area (Å²) in [7, 11) is -1.44. The molecule has 19 heavy (non-hydrogen) atoms. The summed E-state index contributed by atoms with van der Waals surface area (Å²) in [6, 6.07) is 4.36. The summed E-state index contributed by atoms with van der Waals surface area (Å²) in [6.07, 6.45) is 1.79. The Morgan fingerprint density at radius 1 is 1.37 bits per heavy atom. The monoisotopic (exact) mass is 287 g/mol. The zero-order chi connectivity index (χ0) is 14.8. The summed E-state index contributed by atoms with van der Waals surface area (Å²) in [6.45, 7) is 5.25. The zero-order valence-electron chi connectivity index (χ0n) is 12.1. The Kier molecular flexibility index (Phi) is 4.74. The number of likely N-dealkylation sites (N-methyl/N-ethyl adjacent to an activating group) is 1. The summed E-state index contributed by atoms with van der Waals surface area (Å²) >= 11 is 0. The first-order chi connectivity index (χ1) is 8.59. The molecule has 1 atom stereocenters. The predicted octanol–water partition coefficient (Wildman–Crippen LogP) is 2.09. The number of nitrogens with one attached hydrogen (secondary N) is 1. The van der Waals surface area contributed by atoms with E-state index >= 15 is 0 Å². The molecule has 108 valence electrons. The van der Waals surface area contributed by atoms with Gasteiger partial charge in [0.05, 0.1) is 4.75 Å². The third-order valence-corrected chi connectivity index (χ3v) is 6.07. The van der Waals surface area contributed by atoms with Crippen molar-refractivity contribution in [2.75, 3.05) is 13.3 Å². The Balaban J connectivity index is 3.07. The molecule has 1 N–H and O–H groups in total. The van der Waals surface area contributed by atoms with Gasteiger partial charge in [0.25, 0.3) is 0 Å². The molecule has 0 amide bonds. The molecule has 0 aliphatic rings. The van der Waals surface area contributed by atoms with Crippen molar-refractivity contribution in [2.45, 2.75) is 38.0 Å². The predicted molar refractivity (Wildman–Crippen MR) is 76.6 cm³/mol. The normalized spacial score (nSPS) is 14.4. The number of sulfone groups is 1. The molecule has 0 heterocycles. The lowest BCUT2D eigenvalue weighted by atomic mass is 9.93. The third kappa shape index (κ3) is 3.54. The van der Waals surface area contributed by atoms with E-state index in [2.05, 4.69) is 5.32 Å². The molecule has 0 aromatic heterocycles. The molecule has 1 unspecified atom stereocenters. The third-order valence-electron chi connectivity index (χ3n) is 3.87. The van der Waals surface area contributed by atoms with Crippen molar-refractivity contribution in [2.24, 2.45) is 0 Å². The molecule has 0 saturated heterocycles. The van der Waals surface area contributed by atoms with Crippen LogP contribution in [0.15, 0.2) is 18.2 Å². The van der Waals surface area contributed by atoms with Gasteiger partial charge >= 0.3 is 0 Å². The molecule has 0 aliphatic carbocycles. The molecular formula is C14H22FNO2S. The minimum atomic E-state index is -3.19. The van der Waals surface area contributed by atoms with Crippen LogP contribution in [0.2, 0.25) is 0 Å². The molecular weight excluding hydrogens is 265 g/mol. The second kappa shape index (κ2) is 5.59. The van der Waals surface area contributed by atoms with Gasteiger partial charge in [-0.25, -0.2) is 12.8 Å². The molecule has 0 spiro atoms. The number of hydrogen-bond acceptors (Lipinski definition) is 3. The van der Waals surface area contributed by atoms with E-state index in [0.29, 0.717) is 6.42 Å². The molecule has 1 aromatic rings. The van der Waals surface area contributed by atoms with Crippen LogP contribution in [0.1, 0.15) is 25.0 Å². The van der Waals surface area contributed by atoms with Crippen LogP contribution in [0, 0.1) is 12.7 Å². The number of hydrogen-bond donors (Lipinski definition) is 1. The van der Waals surface area contributed by atoms with Crippen LogP contribution in [-0.4, -0.2) is 32.5 Å². The van der Waals surface area contributed by atoms with Crippen molar-refractivity contribution >= 4 is 9.84 Å². The molecule has 0 bridgehead atoms. The maximum atomic E-state index is 13.1. The van der Waals surface area contributed by atoms with Crippen LogP contribution in [0.25, 0.3) is 0 Å². The molecule has 1 rings (SSSR count). The zero-order valence-corrected chi connectivity index (χ0v) is 12.9. The summed E-state index contributed by atoms with van der Waals surface area (Å²) < 4.78 is 36.0. The molecule has 0 aliphatic heterocycles. The summed E-state index contributed by atoms with van der Waals surface area (Å²) in [5.41, 5.74) is 1.79. The Hall–Kier alpha value is -0.940. The first-order valence-electron chi connectivity index (χ1n) is 6.21. The van der Waals surface area contributed by atoms with E-state index in [-0.39, 0.29) is 11.9 Å². The Morgan fingerprint density at radius 3 is 2.37 bits per heavy atom. The lowest BCUT2D eigenvalue weighted by Gasteiger charge is -2.33. The molecule has 0 saturated carbocycles. The second-order valence-corrected chi connectivity index (χ2v) is 8.09. The smallest absolute Gasteiger partial charge is 0.154 e. The van der Waals surface area contributed by atoms with Crippen molar-refractivity contribution in [1.82, 2.24) is 5.32 Å². The Bertz CT molecular complexity index is 553. The van der Waals surface area contributed by atoms with Crippen LogP contribution in [-0.2, 0) is 16.3 Å². The van der Waals surface area contributed by atoms with Crippen molar-refractivity contribution in [3.63, 3.8) is 0 Å². The van der Waals surface area contributed by atoms with Crippen LogP contribution >= 0.6 is 0 Å². The van der Waals surface area contributed by atoms with E-state index in [1.807, 2.05) is 6.92 Å². The summed E-state index contributed by atoms with van der Waals surface area (Å²) in [4.78, 5) is 0. The largest absolute Gasteiger partial charge is 0.315 e. The average Bonchev–Trinajstić information content (AvgIpc) is 2.26. The van der Waals surface area contributed by atoms with E-state index in [0.717, 1.165) is 11.1 Å². The first-order valence-corrected chi connectivity index (χ1v) is 8.10. The highest BCUT2D eigenvalue weighted by Crippen LogP contribution is 2.24. The van der Waals surface area contributed by atoms with Crippen molar-refractivity contribution in [3.8, 4) is 0 Å². The number of aryl methyl sites for hydroxylation is 1. The standard InChI is InChI=1S/C14H22FNO2S/c1-10-8-12(15)7-6-11(10)9-13(16-4)14(2,3)19(5,17)18/h6-8,13,16H,9H2,1-5H3. The summed E-state index contributed by atoms with van der Waals surface area (Å²) in [5.74, 6) is -0.273. The highest BCUT2D eigenvalue weighted by molar-refractivity contribution is 7.92. The van der Waals surface area contributed by atoms with E-state index < -0.39 is 14.6 Å². The maximum absolute atomic E-state index is 13.1. The van der Waals surface area contributed by atoms with Crippen molar-refractivity contribution < 1.29 is 12.8 Å². The number of halogens is 1. The van der Waals surface area contributed by atoms with Gasteiger partial charge in [-0.2, -0.15) is 0 Å². The van der Waals surface area contributed by atoms with Crippen LogP contribution in [0.4, 0.5) is 4.39 Å². The van der Waals surface area contributed by atoms with Crippen LogP contribution < -0.4 is 5.32 Å². The van der Waals surface area contributed by atoms with Gasteiger partial charge in [0.15, 0.2) is 9.84 Å². The van der Waals surface area contributed by atoms with E-state index in [9.17, 15) is 12.8 Å². The fraction of sp³-hybridized carbons (Fsp3) is 0.571. The fourth-order valence-electron chi connectivity index (χ4n) is 2.06. The van der Waals surface area contributed by atoms with Crippen molar-refractivity contribution in [3.05, 3.63) is 35.1 Å². The number of benzene rings is 1. The van der Waals surface area contributed by atoms with Crippen molar-refractivity contribution in [1.29, 1.82) is 0 Å². The SMILES string of the molecule is CNC(Cc1ccc(F)cc1C)C(C)(C)S(C)(=O)=O. The first kappa shape index (κ1) is 16.1. The van der Waals surface area contributed by atoms with Gasteiger partial charge in [-0.15, -0.1) is 0 Å². The van der Waals surface area contributed by atoms with E-state index in [1.165, 1.54) is 18.4 Å². The summed E-state index contributed by atoms with van der Waals surface area (Å²) in [5, 5.41) is 3.07. The highest BCUT2D eigenvalue weighted by Gasteiger charge is 2.38. The molecule has 5 heteroatoms. The minimum absolute atomic E-state index is 0.230. The number of rotatable bonds is 5. The van der Waals surface area contributed by atoms with Crippen LogP contribution in [0.5, 0.6) is 0 Å². The molecule has 1 aromatic carbocycles. The van der Waals surface area contributed by atoms with Gasteiger partial charge in [0, 0.05) is 12.3 Å². The van der Waals surface area contributed by atoms with E-state index in [1.54, 1.807) is 27.0 Å². The van der Waals surface area contributed by atoms with Gasteiger partial charge in [0.2, 0.25) is 0 Å². The van der Waals surface area contributed by atoms with Gasteiger partial charge in [-0.3, -0.25) is 0 Å². The lowest BCUT2D eigenvalue weighted by Crippen LogP contribution is -2.51.